The first kappa shape index (κ1) is 15.0. The number of carbonyl (C=O) groups is 1. The zero-order valence-corrected chi connectivity index (χ0v) is 13.1. The van der Waals surface area contributed by atoms with E-state index in [1.54, 1.807) is 18.7 Å². The van der Waals surface area contributed by atoms with Gasteiger partial charge in [0.2, 0.25) is 5.91 Å². The molecule has 3 rings (SSSR count). The van der Waals surface area contributed by atoms with Gasteiger partial charge < -0.3 is 15.4 Å². The lowest BCUT2D eigenvalue weighted by molar-refractivity contribution is -0.150. The van der Waals surface area contributed by atoms with Gasteiger partial charge >= 0.3 is 0 Å². The number of hydrogen-bond donors (Lipinski definition) is 1. The molecule has 1 saturated heterocycles. The van der Waals surface area contributed by atoms with E-state index in [-0.39, 0.29) is 12.0 Å². The molecule has 0 saturated carbocycles. The summed E-state index contributed by atoms with van der Waals surface area (Å²) in [6.07, 6.45) is 0.102. The van der Waals surface area contributed by atoms with Crippen molar-refractivity contribution in [3.05, 3.63) is 48.0 Å². The maximum atomic E-state index is 12.0. The minimum Gasteiger partial charge on any atom is -0.370 e. The third-order valence-electron chi connectivity index (χ3n) is 4.04. The van der Waals surface area contributed by atoms with Crippen LogP contribution in [0, 0.1) is 0 Å². The molecule has 2 aromatic carbocycles. The largest absolute Gasteiger partial charge is 0.370 e. The third kappa shape index (κ3) is 2.98. The summed E-state index contributed by atoms with van der Waals surface area (Å²) in [6, 6.07) is 14.5. The minimum atomic E-state index is -0.805. The van der Waals surface area contributed by atoms with Gasteiger partial charge in [-0.25, -0.2) is 0 Å². The van der Waals surface area contributed by atoms with Crippen molar-refractivity contribution in [3.8, 4) is 0 Å². The Balaban J connectivity index is 1.57. The summed E-state index contributed by atoms with van der Waals surface area (Å²) in [7, 11) is 0. The molecule has 0 unspecified atom stereocenters. The zero-order valence-electron chi connectivity index (χ0n) is 13.1. The Morgan fingerprint density at radius 1 is 1.23 bits per heavy atom. The highest BCUT2D eigenvalue weighted by Gasteiger charge is 2.37. The Morgan fingerprint density at radius 3 is 2.64 bits per heavy atom. The van der Waals surface area contributed by atoms with E-state index < -0.39 is 5.54 Å². The van der Waals surface area contributed by atoms with Gasteiger partial charge in [0.25, 0.3) is 0 Å². The van der Waals surface area contributed by atoms with Gasteiger partial charge in [-0.2, -0.15) is 0 Å². The number of hydrogen-bond acceptors (Lipinski definition) is 3. The van der Waals surface area contributed by atoms with Crippen LogP contribution in [0.4, 0.5) is 0 Å². The van der Waals surface area contributed by atoms with E-state index in [2.05, 4.69) is 30.3 Å². The summed E-state index contributed by atoms with van der Waals surface area (Å²) in [5.74, 6) is -0.0162. The maximum Gasteiger partial charge on any atom is 0.242 e. The number of ether oxygens (including phenoxy) is 1. The number of rotatable bonds is 4. The standard InChI is InChI=1S/C18H22N2O2/c1-18(2,19)17(21)20-10-15(11-20)22-12-14-8-5-7-13-6-3-4-9-16(13)14/h3-9,15H,10-12,19H2,1-2H3. The van der Waals surface area contributed by atoms with Crippen molar-refractivity contribution in [2.75, 3.05) is 13.1 Å². The highest BCUT2D eigenvalue weighted by atomic mass is 16.5. The summed E-state index contributed by atoms with van der Waals surface area (Å²) in [5.41, 5.74) is 6.21. The highest BCUT2D eigenvalue weighted by Crippen LogP contribution is 2.22. The molecule has 1 heterocycles. The van der Waals surface area contributed by atoms with E-state index in [1.807, 2.05) is 12.1 Å². The van der Waals surface area contributed by atoms with Gasteiger partial charge in [-0.05, 0) is 30.2 Å². The van der Waals surface area contributed by atoms with Crippen molar-refractivity contribution < 1.29 is 9.53 Å². The molecular formula is C18H22N2O2. The lowest BCUT2D eigenvalue weighted by Gasteiger charge is -2.41. The van der Waals surface area contributed by atoms with Crippen LogP contribution in [-0.2, 0) is 16.1 Å². The van der Waals surface area contributed by atoms with Crippen molar-refractivity contribution in [1.29, 1.82) is 0 Å². The van der Waals surface area contributed by atoms with Crippen LogP contribution in [0.25, 0.3) is 10.8 Å². The van der Waals surface area contributed by atoms with Gasteiger partial charge in [-0.15, -0.1) is 0 Å². The van der Waals surface area contributed by atoms with Crippen molar-refractivity contribution in [3.63, 3.8) is 0 Å². The van der Waals surface area contributed by atoms with Crippen molar-refractivity contribution in [2.45, 2.75) is 32.1 Å². The van der Waals surface area contributed by atoms with Crippen LogP contribution in [-0.4, -0.2) is 35.5 Å². The van der Waals surface area contributed by atoms with Crippen molar-refractivity contribution in [1.82, 2.24) is 4.90 Å². The molecule has 22 heavy (non-hydrogen) atoms. The van der Waals surface area contributed by atoms with Crippen LogP contribution in [0.2, 0.25) is 0 Å². The number of fused-ring (bicyclic) bond motifs is 1. The number of amides is 1. The molecule has 0 aromatic heterocycles. The summed E-state index contributed by atoms with van der Waals surface area (Å²) >= 11 is 0. The normalized spacial score (nSPS) is 15.9. The molecule has 4 heteroatoms. The van der Waals surface area contributed by atoms with Crippen LogP contribution >= 0.6 is 0 Å². The molecule has 0 radical (unpaired) electrons. The fraction of sp³-hybridized carbons (Fsp3) is 0.389. The second-order valence-electron chi connectivity index (χ2n) is 6.50. The van der Waals surface area contributed by atoms with Gasteiger partial charge in [0.1, 0.15) is 0 Å². The van der Waals surface area contributed by atoms with Crippen LogP contribution < -0.4 is 5.73 Å². The second kappa shape index (κ2) is 5.71. The minimum absolute atomic E-state index is 0.0162. The molecule has 1 fully saturated rings. The smallest absolute Gasteiger partial charge is 0.242 e. The van der Waals surface area contributed by atoms with Gasteiger partial charge in [-0.3, -0.25) is 4.79 Å². The molecule has 1 aliphatic heterocycles. The lowest BCUT2D eigenvalue weighted by atomic mass is 10.0. The van der Waals surface area contributed by atoms with E-state index in [4.69, 9.17) is 10.5 Å². The molecule has 0 bridgehead atoms. The Kier molecular flexibility index (Phi) is 3.89. The molecule has 0 atom stereocenters. The van der Waals surface area contributed by atoms with Crippen molar-refractivity contribution >= 4 is 16.7 Å². The maximum absolute atomic E-state index is 12.0. The van der Waals surface area contributed by atoms with Crippen molar-refractivity contribution in [2.24, 2.45) is 5.73 Å². The predicted octanol–water partition coefficient (Wildman–Crippen LogP) is 2.30. The predicted molar refractivity (Wildman–Crippen MR) is 87.4 cm³/mol. The fourth-order valence-electron chi connectivity index (χ4n) is 2.74. The van der Waals surface area contributed by atoms with E-state index in [9.17, 15) is 4.79 Å². The molecule has 4 nitrogen and oxygen atoms in total. The number of nitrogens with zero attached hydrogens (tertiary/aromatic N) is 1. The van der Waals surface area contributed by atoms with Gasteiger partial charge in [-0.1, -0.05) is 42.5 Å². The number of benzene rings is 2. The Labute approximate surface area is 130 Å². The first-order valence-electron chi connectivity index (χ1n) is 7.61. The van der Waals surface area contributed by atoms with E-state index in [0.717, 1.165) is 0 Å². The van der Waals surface area contributed by atoms with Gasteiger partial charge in [0.15, 0.2) is 0 Å². The molecule has 0 spiro atoms. The lowest BCUT2D eigenvalue weighted by Crippen LogP contribution is -2.61. The average Bonchev–Trinajstić information content (AvgIpc) is 2.44. The summed E-state index contributed by atoms with van der Waals surface area (Å²) in [5, 5.41) is 2.44. The molecule has 0 aliphatic carbocycles. The van der Waals surface area contributed by atoms with E-state index >= 15 is 0 Å². The monoisotopic (exact) mass is 298 g/mol. The molecule has 116 valence electrons. The average molecular weight is 298 g/mol. The van der Waals surface area contributed by atoms with Crippen LogP contribution in [0.5, 0.6) is 0 Å². The second-order valence-corrected chi connectivity index (χ2v) is 6.50. The quantitative estimate of drug-likeness (QED) is 0.942. The number of carbonyl (C=O) groups excluding carboxylic acids is 1. The SMILES string of the molecule is CC(C)(N)C(=O)N1CC(OCc2cccc3ccccc23)C1. The zero-order chi connectivity index (χ0) is 15.7. The van der Waals surface area contributed by atoms with Crippen LogP contribution in [0.3, 0.4) is 0 Å². The summed E-state index contributed by atoms with van der Waals surface area (Å²) in [6.45, 7) is 5.30. The van der Waals surface area contributed by atoms with E-state index in [1.165, 1.54) is 16.3 Å². The molecule has 2 aromatic rings. The Hall–Kier alpha value is -1.91. The van der Waals surface area contributed by atoms with Gasteiger partial charge in [0.05, 0.1) is 18.2 Å². The number of nitrogens with two attached hydrogens (primary N) is 1. The molecule has 1 amide bonds. The summed E-state index contributed by atoms with van der Waals surface area (Å²) in [4.78, 5) is 13.7. The number of likely N-dealkylation sites (tertiary alicyclic amines) is 1. The van der Waals surface area contributed by atoms with E-state index in [0.29, 0.717) is 19.7 Å². The topological polar surface area (TPSA) is 55.6 Å². The van der Waals surface area contributed by atoms with Gasteiger partial charge in [0, 0.05) is 13.1 Å². The molecule has 1 aliphatic rings. The molecule has 2 N–H and O–H groups in total. The fourth-order valence-corrected chi connectivity index (χ4v) is 2.74. The van der Waals surface area contributed by atoms with Crippen LogP contribution in [0.1, 0.15) is 19.4 Å². The summed E-state index contributed by atoms with van der Waals surface area (Å²) < 4.78 is 5.93. The Morgan fingerprint density at radius 2 is 1.91 bits per heavy atom. The Bertz CT molecular complexity index is 680. The highest BCUT2D eigenvalue weighted by molar-refractivity contribution is 5.86. The first-order valence-corrected chi connectivity index (χ1v) is 7.61. The third-order valence-corrected chi connectivity index (χ3v) is 4.04. The van der Waals surface area contributed by atoms with Crippen LogP contribution in [0.15, 0.2) is 42.5 Å². The molecular weight excluding hydrogens is 276 g/mol. The first-order chi connectivity index (χ1) is 10.4.